The molecule has 3 N–H and O–H groups in total. The third kappa shape index (κ3) is 13.9. The molecule has 0 spiro atoms. The SMILES string of the molecule is O=C(C[C@H]1CC=CCCC[C@H](Cc2ccccc2)C(=O)OC[C@H](C(=O)OCc2ccccc2)NC1=O)N[C@H](CO)Cc1ccc(OCc2ccccc2)cc1. The fourth-order valence-electron chi connectivity index (χ4n) is 6.33. The van der Waals surface area contributed by atoms with Gasteiger partial charge in [0, 0.05) is 6.42 Å². The number of carbonyl (C=O) groups excluding carboxylic acids is 4. The van der Waals surface area contributed by atoms with Crippen molar-refractivity contribution in [1.29, 1.82) is 0 Å². The van der Waals surface area contributed by atoms with Gasteiger partial charge in [-0.05, 0) is 72.9 Å². The molecular formula is C45H50N2O8. The highest BCUT2D eigenvalue weighted by Gasteiger charge is 2.31. The van der Waals surface area contributed by atoms with Crippen molar-refractivity contribution in [3.05, 3.63) is 150 Å². The quantitative estimate of drug-likeness (QED) is 0.105. The normalized spacial score (nSPS) is 18.5. The van der Waals surface area contributed by atoms with Gasteiger partial charge in [-0.3, -0.25) is 14.4 Å². The van der Waals surface area contributed by atoms with Crippen LogP contribution in [0.15, 0.2) is 127 Å². The van der Waals surface area contributed by atoms with Crippen LogP contribution in [-0.2, 0) is 54.7 Å². The number of benzene rings is 4. The molecule has 4 aromatic carbocycles. The lowest BCUT2D eigenvalue weighted by Gasteiger charge is -2.23. The molecule has 288 valence electrons. The number of hydrogen-bond acceptors (Lipinski definition) is 8. The highest BCUT2D eigenvalue weighted by molar-refractivity contribution is 5.89. The van der Waals surface area contributed by atoms with Gasteiger partial charge in [-0.25, -0.2) is 4.79 Å². The molecule has 0 unspecified atom stereocenters. The van der Waals surface area contributed by atoms with Crippen molar-refractivity contribution in [3.63, 3.8) is 0 Å². The number of ether oxygens (including phenoxy) is 3. The van der Waals surface area contributed by atoms with Crippen molar-refractivity contribution in [2.75, 3.05) is 13.2 Å². The minimum Gasteiger partial charge on any atom is -0.489 e. The van der Waals surface area contributed by atoms with Crippen LogP contribution in [0.25, 0.3) is 0 Å². The predicted octanol–water partition coefficient (Wildman–Crippen LogP) is 6.05. The van der Waals surface area contributed by atoms with E-state index in [0.717, 1.165) is 22.3 Å². The van der Waals surface area contributed by atoms with Gasteiger partial charge < -0.3 is 30.0 Å². The first-order chi connectivity index (χ1) is 26.9. The van der Waals surface area contributed by atoms with E-state index in [1.165, 1.54) is 0 Å². The number of rotatable bonds is 14. The summed E-state index contributed by atoms with van der Waals surface area (Å²) in [7, 11) is 0. The van der Waals surface area contributed by atoms with Crippen LogP contribution in [0.1, 0.15) is 54.4 Å². The zero-order chi connectivity index (χ0) is 38.7. The van der Waals surface area contributed by atoms with Crippen LogP contribution < -0.4 is 15.4 Å². The van der Waals surface area contributed by atoms with E-state index in [9.17, 15) is 24.3 Å². The van der Waals surface area contributed by atoms with Crippen molar-refractivity contribution in [1.82, 2.24) is 10.6 Å². The number of amides is 2. The number of hydrogen-bond donors (Lipinski definition) is 3. The van der Waals surface area contributed by atoms with Gasteiger partial charge in [0.05, 0.1) is 24.5 Å². The average molecular weight is 747 g/mol. The lowest BCUT2D eigenvalue weighted by molar-refractivity contribution is -0.157. The molecule has 1 aliphatic heterocycles. The summed E-state index contributed by atoms with van der Waals surface area (Å²) in [6.45, 7) is -0.311. The number of cyclic esters (lactones) is 1. The predicted molar refractivity (Wildman–Crippen MR) is 208 cm³/mol. The van der Waals surface area contributed by atoms with E-state index in [1.807, 2.05) is 127 Å². The summed E-state index contributed by atoms with van der Waals surface area (Å²) >= 11 is 0. The van der Waals surface area contributed by atoms with Crippen LogP contribution in [0.2, 0.25) is 0 Å². The Morgan fingerprint density at radius 3 is 2.07 bits per heavy atom. The number of aliphatic hydroxyl groups excluding tert-OH is 1. The first-order valence-electron chi connectivity index (χ1n) is 18.9. The molecule has 55 heavy (non-hydrogen) atoms. The molecule has 0 aromatic heterocycles. The maximum atomic E-state index is 13.8. The van der Waals surface area contributed by atoms with Crippen LogP contribution in [-0.4, -0.2) is 54.2 Å². The summed E-state index contributed by atoms with van der Waals surface area (Å²) < 4.78 is 17.1. The monoisotopic (exact) mass is 746 g/mol. The fourth-order valence-corrected chi connectivity index (χ4v) is 6.33. The van der Waals surface area contributed by atoms with Crippen molar-refractivity contribution in [3.8, 4) is 5.75 Å². The molecule has 10 nitrogen and oxygen atoms in total. The summed E-state index contributed by atoms with van der Waals surface area (Å²) in [5.74, 6) is -2.76. The van der Waals surface area contributed by atoms with E-state index >= 15 is 0 Å². The number of allylic oxidation sites excluding steroid dienone is 2. The molecule has 0 saturated carbocycles. The molecule has 4 atom stereocenters. The highest BCUT2D eigenvalue weighted by atomic mass is 16.6. The van der Waals surface area contributed by atoms with E-state index in [1.54, 1.807) is 0 Å². The Hall–Kier alpha value is -5.74. The van der Waals surface area contributed by atoms with Crippen LogP contribution in [0.5, 0.6) is 5.75 Å². The molecule has 0 fully saturated rings. The maximum absolute atomic E-state index is 13.8. The van der Waals surface area contributed by atoms with E-state index in [0.29, 0.717) is 44.5 Å². The first kappa shape index (κ1) is 40.4. The van der Waals surface area contributed by atoms with E-state index in [2.05, 4.69) is 10.6 Å². The van der Waals surface area contributed by atoms with Gasteiger partial charge in [0.1, 0.15) is 25.6 Å². The molecule has 1 heterocycles. The number of aliphatic hydroxyl groups is 1. The summed E-state index contributed by atoms with van der Waals surface area (Å²) in [5.41, 5.74) is 3.71. The fraction of sp³-hybridized carbons (Fsp3) is 0.333. The summed E-state index contributed by atoms with van der Waals surface area (Å²) in [4.78, 5) is 53.9. The van der Waals surface area contributed by atoms with Crippen LogP contribution in [0.4, 0.5) is 0 Å². The molecule has 0 saturated heterocycles. The molecule has 0 aliphatic carbocycles. The number of nitrogens with one attached hydrogen (secondary N) is 2. The number of esters is 2. The molecule has 4 aromatic rings. The highest BCUT2D eigenvalue weighted by Crippen LogP contribution is 2.20. The van der Waals surface area contributed by atoms with Gasteiger partial charge in [0.25, 0.3) is 0 Å². The molecule has 2 amide bonds. The van der Waals surface area contributed by atoms with Gasteiger partial charge in [-0.1, -0.05) is 115 Å². The third-order valence-corrected chi connectivity index (χ3v) is 9.43. The second-order valence-electron chi connectivity index (χ2n) is 13.8. The zero-order valence-corrected chi connectivity index (χ0v) is 31.0. The Bertz CT molecular complexity index is 1820. The lowest BCUT2D eigenvalue weighted by atomic mass is 9.93. The largest absolute Gasteiger partial charge is 0.489 e. The van der Waals surface area contributed by atoms with E-state index in [-0.39, 0.29) is 26.1 Å². The van der Waals surface area contributed by atoms with Crippen LogP contribution >= 0.6 is 0 Å². The second kappa shape index (κ2) is 21.8. The van der Waals surface area contributed by atoms with Gasteiger partial charge in [0.15, 0.2) is 6.04 Å². The van der Waals surface area contributed by atoms with Gasteiger partial charge in [-0.15, -0.1) is 0 Å². The molecule has 0 bridgehead atoms. The Morgan fingerprint density at radius 1 is 0.782 bits per heavy atom. The van der Waals surface area contributed by atoms with Gasteiger partial charge >= 0.3 is 11.9 Å². The first-order valence-corrected chi connectivity index (χ1v) is 18.9. The standard InChI is InChI=1S/C45H50N2O8/c48-29-39(27-34-22-24-40(25-23-34)53-30-35-16-8-4-9-17-35)46-42(49)28-37-20-12-1-2-13-21-38(26-33-14-6-3-7-15-33)44(51)55-32-41(47-43(37)50)45(52)54-31-36-18-10-5-11-19-36/h1,3-12,14-19,22-25,37-39,41,48H,2,13,20-21,26-32H2,(H,46,49)(H,47,50)/t37-,38-,39+,41-/m1/s1. The van der Waals surface area contributed by atoms with Gasteiger partial charge in [0.2, 0.25) is 11.8 Å². The molecule has 5 rings (SSSR count). The summed E-state index contributed by atoms with van der Waals surface area (Å²) in [5, 5.41) is 15.7. The molecule has 0 radical (unpaired) electrons. The Labute approximate surface area is 322 Å². The lowest BCUT2D eigenvalue weighted by Crippen LogP contribution is -2.48. The average Bonchev–Trinajstić information content (AvgIpc) is 3.21. The Balaban J connectivity index is 1.22. The smallest absolute Gasteiger partial charge is 0.332 e. The Kier molecular flexibility index (Phi) is 16.1. The molecular weight excluding hydrogens is 697 g/mol. The van der Waals surface area contributed by atoms with Crippen molar-refractivity contribution in [2.45, 2.75) is 70.2 Å². The van der Waals surface area contributed by atoms with Crippen LogP contribution in [0, 0.1) is 11.8 Å². The maximum Gasteiger partial charge on any atom is 0.332 e. The van der Waals surface area contributed by atoms with Crippen molar-refractivity contribution < 1.29 is 38.5 Å². The van der Waals surface area contributed by atoms with E-state index in [4.69, 9.17) is 14.2 Å². The van der Waals surface area contributed by atoms with Crippen molar-refractivity contribution >= 4 is 23.8 Å². The summed E-state index contributed by atoms with van der Waals surface area (Å²) in [6.07, 6.45) is 6.67. The summed E-state index contributed by atoms with van der Waals surface area (Å²) in [6, 6.07) is 34.2. The van der Waals surface area contributed by atoms with Crippen molar-refractivity contribution in [2.24, 2.45) is 11.8 Å². The zero-order valence-electron chi connectivity index (χ0n) is 31.0. The number of carbonyl (C=O) groups is 4. The minimum atomic E-state index is -1.29. The Morgan fingerprint density at radius 2 is 1.42 bits per heavy atom. The minimum absolute atomic E-state index is 0.0306. The van der Waals surface area contributed by atoms with Gasteiger partial charge in [-0.2, -0.15) is 0 Å². The van der Waals surface area contributed by atoms with E-state index < -0.39 is 54.3 Å². The molecule has 1 aliphatic rings. The van der Waals surface area contributed by atoms with Crippen LogP contribution in [0.3, 0.4) is 0 Å². The topological polar surface area (TPSA) is 140 Å². The second-order valence-corrected chi connectivity index (χ2v) is 13.8. The molecule has 10 heteroatoms. The third-order valence-electron chi connectivity index (χ3n) is 9.43.